The summed E-state index contributed by atoms with van der Waals surface area (Å²) in [5.74, 6) is 0. The average molecular weight is 315 g/mol. The van der Waals surface area contributed by atoms with E-state index in [0.717, 1.165) is 17.7 Å². The van der Waals surface area contributed by atoms with Crippen molar-refractivity contribution < 1.29 is 13.2 Å². The monoisotopic (exact) mass is 314 g/mol. The molecule has 0 unspecified atom stereocenters. The summed E-state index contributed by atoms with van der Waals surface area (Å²) < 4.78 is 37.8. The average Bonchev–Trinajstić information content (AvgIpc) is 2.40. The van der Waals surface area contributed by atoms with Crippen LogP contribution in [0.4, 0.5) is 24.5 Å². The van der Waals surface area contributed by atoms with Crippen LogP contribution in [-0.2, 0) is 12.7 Å². The number of alkyl halides is 3. The van der Waals surface area contributed by atoms with Crippen LogP contribution in [-0.4, -0.2) is 7.05 Å². The number of halogens is 4. The minimum atomic E-state index is -4.39. The van der Waals surface area contributed by atoms with Gasteiger partial charge in [0.15, 0.2) is 0 Å². The first-order chi connectivity index (χ1) is 9.77. The van der Waals surface area contributed by atoms with Crippen molar-refractivity contribution in [2.45, 2.75) is 12.7 Å². The molecule has 2 aromatic rings. The summed E-state index contributed by atoms with van der Waals surface area (Å²) in [4.78, 5) is 1.79. The third-order valence-corrected chi connectivity index (χ3v) is 3.35. The van der Waals surface area contributed by atoms with Crippen molar-refractivity contribution in [3.63, 3.8) is 0 Å². The molecule has 0 saturated carbocycles. The van der Waals surface area contributed by atoms with Gasteiger partial charge < -0.3 is 10.6 Å². The smallest absolute Gasteiger partial charge is 0.397 e. The Balaban J connectivity index is 2.19. The van der Waals surface area contributed by atoms with E-state index < -0.39 is 11.7 Å². The van der Waals surface area contributed by atoms with Crippen LogP contribution in [0.5, 0.6) is 0 Å². The van der Waals surface area contributed by atoms with Crippen LogP contribution in [0.15, 0.2) is 42.5 Å². The topological polar surface area (TPSA) is 29.3 Å². The SMILES string of the molecule is CN(Cc1ccc(Cl)cc1)c1ccc(C(F)(F)F)cc1N. The van der Waals surface area contributed by atoms with Gasteiger partial charge in [0.05, 0.1) is 16.9 Å². The van der Waals surface area contributed by atoms with Crippen LogP contribution in [0, 0.1) is 0 Å². The number of hydrogen-bond acceptors (Lipinski definition) is 2. The third kappa shape index (κ3) is 3.82. The fraction of sp³-hybridized carbons (Fsp3) is 0.200. The number of anilines is 2. The summed E-state index contributed by atoms with van der Waals surface area (Å²) in [6, 6.07) is 10.6. The zero-order valence-electron chi connectivity index (χ0n) is 11.3. The maximum Gasteiger partial charge on any atom is 0.416 e. The fourth-order valence-corrected chi connectivity index (χ4v) is 2.15. The van der Waals surface area contributed by atoms with Crippen LogP contribution in [0.2, 0.25) is 5.02 Å². The van der Waals surface area contributed by atoms with Crippen LogP contribution >= 0.6 is 11.6 Å². The number of benzene rings is 2. The highest BCUT2D eigenvalue weighted by atomic mass is 35.5. The Hall–Kier alpha value is -1.88. The lowest BCUT2D eigenvalue weighted by atomic mass is 10.1. The maximum atomic E-state index is 12.6. The molecule has 2 nitrogen and oxygen atoms in total. The molecule has 0 bridgehead atoms. The predicted octanol–water partition coefficient (Wildman–Crippen LogP) is 4.58. The van der Waals surface area contributed by atoms with Gasteiger partial charge in [-0.25, -0.2) is 0 Å². The van der Waals surface area contributed by atoms with E-state index in [0.29, 0.717) is 17.3 Å². The molecule has 0 aromatic heterocycles. The Kier molecular flexibility index (Phi) is 4.32. The molecule has 112 valence electrons. The van der Waals surface area contributed by atoms with Crippen molar-refractivity contribution >= 4 is 23.0 Å². The largest absolute Gasteiger partial charge is 0.416 e. The van der Waals surface area contributed by atoms with E-state index in [1.165, 1.54) is 6.07 Å². The van der Waals surface area contributed by atoms with E-state index in [1.54, 1.807) is 24.1 Å². The molecule has 6 heteroatoms. The summed E-state index contributed by atoms with van der Waals surface area (Å²) in [7, 11) is 1.77. The Bertz CT molecular complexity index is 624. The van der Waals surface area contributed by atoms with Gasteiger partial charge in [-0.2, -0.15) is 13.2 Å². The molecule has 0 aliphatic heterocycles. The van der Waals surface area contributed by atoms with Gasteiger partial charge in [-0.05, 0) is 35.9 Å². The fourth-order valence-electron chi connectivity index (χ4n) is 2.03. The highest BCUT2D eigenvalue weighted by molar-refractivity contribution is 6.30. The van der Waals surface area contributed by atoms with Crippen LogP contribution in [0.1, 0.15) is 11.1 Å². The summed E-state index contributed by atoms with van der Waals surface area (Å²) >= 11 is 5.81. The van der Waals surface area contributed by atoms with Crippen molar-refractivity contribution in [1.29, 1.82) is 0 Å². The van der Waals surface area contributed by atoms with Gasteiger partial charge in [0, 0.05) is 18.6 Å². The molecule has 0 spiro atoms. The molecule has 0 aliphatic carbocycles. The van der Waals surface area contributed by atoms with E-state index in [2.05, 4.69) is 0 Å². The molecule has 2 aromatic carbocycles. The molecule has 0 aliphatic rings. The number of nitrogens with two attached hydrogens (primary N) is 1. The molecule has 0 radical (unpaired) electrons. The summed E-state index contributed by atoms with van der Waals surface area (Å²) in [5, 5.41) is 0.635. The van der Waals surface area contributed by atoms with E-state index >= 15 is 0 Å². The Morgan fingerprint density at radius 3 is 2.24 bits per heavy atom. The van der Waals surface area contributed by atoms with Crippen LogP contribution in [0.25, 0.3) is 0 Å². The van der Waals surface area contributed by atoms with Crippen molar-refractivity contribution in [3.8, 4) is 0 Å². The zero-order chi connectivity index (χ0) is 15.6. The Labute approximate surface area is 125 Å². The molecule has 2 N–H and O–H groups in total. The second-order valence-corrected chi connectivity index (χ2v) is 5.19. The number of hydrogen-bond donors (Lipinski definition) is 1. The lowest BCUT2D eigenvalue weighted by molar-refractivity contribution is -0.137. The molecule has 0 amide bonds. The molecule has 2 rings (SSSR count). The summed E-state index contributed by atoms with van der Waals surface area (Å²) in [6.07, 6.45) is -4.39. The second-order valence-electron chi connectivity index (χ2n) is 4.75. The minimum Gasteiger partial charge on any atom is -0.397 e. The van der Waals surface area contributed by atoms with Gasteiger partial charge in [-0.3, -0.25) is 0 Å². The zero-order valence-corrected chi connectivity index (χ0v) is 12.0. The highest BCUT2D eigenvalue weighted by Crippen LogP contribution is 2.34. The second kappa shape index (κ2) is 5.85. The Morgan fingerprint density at radius 1 is 1.10 bits per heavy atom. The normalized spacial score (nSPS) is 11.5. The third-order valence-electron chi connectivity index (χ3n) is 3.10. The summed E-state index contributed by atoms with van der Waals surface area (Å²) in [6.45, 7) is 0.521. The van der Waals surface area contributed by atoms with Crippen molar-refractivity contribution in [2.75, 3.05) is 17.7 Å². The molecule has 0 heterocycles. The van der Waals surface area contributed by atoms with E-state index in [4.69, 9.17) is 17.3 Å². The quantitative estimate of drug-likeness (QED) is 0.840. The van der Waals surface area contributed by atoms with E-state index in [1.807, 2.05) is 12.1 Å². The molecule has 0 atom stereocenters. The lowest BCUT2D eigenvalue weighted by Crippen LogP contribution is -2.18. The van der Waals surface area contributed by atoms with Gasteiger partial charge in [0.1, 0.15) is 0 Å². The molecular formula is C15H14ClF3N2. The Morgan fingerprint density at radius 2 is 1.71 bits per heavy atom. The number of nitrogen functional groups attached to an aromatic ring is 1. The lowest BCUT2D eigenvalue weighted by Gasteiger charge is -2.22. The first-order valence-corrected chi connectivity index (χ1v) is 6.57. The van der Waals surface area contributed by atoms with Crippen LogP contribution < -0.4 is 10.6 Å². The minimum absolute atomic E-state index is 0.0984. The van der Waals surface area contributed by atoms with E-state index in [9.17, 15) is 13.2 Å². The predicted molar refractivity (Wildman–Crippen MR) is 79.4 cm³/mol. The molecular weight excluding hydrogens is 301 g/mol. The first kappa shape index (κ1) is 15.5. The standard InChI is InChI=1S/C15H14ClF3N2/c1-21(9-10-2-5-12(16)6-3-10)14-7-4-11(8-13(14)20)15(17,18)19/h2-8H,9,20H2,1H3. The van der Waals surface area contributed by atoms with Gasteiger partial charge in [-0.15, -0.1) is 0 Å². The van der Waals surface area contributed by atoms with Gasteiger partial charge >= 0.3 is 6.18 Å². The van der Waals surface area contributed by atoms with Crippen molar-refractivity contribution in [3.05, 3.63) is 58.6 Å². The summed E-state index contributed by atoms with van der Waals surface area (Å²) in [5.41, 5.74) is 6.63. The van der Waals surface area contributed by atoms with Crippen molar-refractivity contribution in [2.24, 2.45) is 0 Å². The van der Waals surface area contributed by atoms with Crippen LogP contribution in [0.3, 0.4) is 0 Å². The number of nitrogens with zero attached hydrogens (tertiary/aromatic N) is 1. The molecule has 0 fully saturated rings. The first-order valence-electron chi connectivity index (χ1n) is 6.19. The van der Waals surface area contributed by atoms with E-state index in [-0.39, 0.29) is 5.69 Å². The van der Waals surface area contributed by atoms with Gasteiger partial charge in [0.2, 0.25) is 0 Å². The van der Waals surface area contributed by atoms with Gasteiger partial charge in [-0.1, -0.05) is 23.7 Å². The van der Waals surface area contributed by atoms with Gasteiger partial charge in [0.25, 0.3) is 0 Å². The maximum absolute atomic E-state index is 12.6. The molecule has 21 heavy (non-hydrogen) atoms. The highest BCUT2D eigenvalue weighted by Gasteiger charge is 2.31. The van der Waals surface area contributed by atoms with Crippen molar-refractivity contribution in [1.82, 2.24) is 0 Å². The molecule has 0 saturated heterocycles. The number of rotatable bonds is 3.